The Morgan fingerprint density at radius 1 is 1.26 bits per heavy atom. The van der Waals surface area contributed by atoms with Crippen molar-refractivity contribution in [1.29, 1.82) is 5.26 Å². The number of rotatable bonds is 3. The van der Waals surface area contributed by atoms with Crippen LogP contribution in [0, 0.1) is 24.1 Å². The van der Waals surface area contributed by atoms with Gasteiger partial charge >= 0.3 is 0 Å². The predicted molar refractivity (Wildman–Crippen MR) is 71.0 cm³/mol. The quantitative estimate of drug-likeness (QED) is 0.858. The van der Waals surface area contributed by atoms with Crippen molar-refractivity contribution in [2.24, 2.45) is 0 Å². The minimum atomic E-state index is -0.352. The number of hydrogen-bond acceptors (Lipinski definition) is 3. The first-order valence-electron chi connectivity index (χ1n) is 5.77. The summed E-state index contributed by atoms with van der Waals surface area (Å²) in [4.78, 5) is 0. The molecule has 0 radical (unpaired) electrons. The van der Waals surface area contributed by atoms with E-state index in [0.717, 1.165) is 5.56 Å². The minimum absolute atomic E-state index is 0.166. The third-order valence-corrected chi connectivity index (χ3v) is 2.81. The molecule has 0 atom stereocenters. The summed E-state index contributed by atoms with van der Waals surface area (Å²) in [5, 5.41) is 8.84. The molecule has 2 aromatic rings. The van der Waals surface area contributed by atoms with Gasteiger partial charge in [-0.1, -0.05) is 6.07 Å². The van der Waals surface area contributed by atoms with Crippen LogP contribution in [0.4, 0.5) is 10.1 Å². The number of hydrogen-bond donors (Lipinski definition) is 1. The van der Waals surface area contributed by atoms with E-state index in [9.17, 15) is 4.39 Å². The molecular formula is C15H13FN2O. The number of nitrogens with zero attached hydrogens (tertiary/aromatic N) is 1. The smallest absolute Gasteiger partial charge is 0.124 e. The first-order valence-corrected chi connectivity index (χ1v) is 5.77. The summed E-state index contributed by atoms with van der Waals surface area (Å²) in [7, 11) is 0. The molecular weight excluding hydrogens is 243 g/mol. The van der Waals surface area contributed by atoms with Crippen LogP contribution in [0.15, 0.2) is 36.4 Å². The van der Waals surface area contributed by atoms with Crippen molar-refractivity contribution in [3.05, 3.63) is 58.9 Å². The van der Waals surface area contributed by atoms with Gasteiger partial charge in [-0.3, -0.25) is 0 Å². The lowest BCUT2D eigenvalue weighted by Crippen LogP contribution is -2.02. The Kier molecular flexibility index (Phi) is 3.67. The van der Waals surface area contributed by atoms with Crippen molar-refractivity contribution in [2.75, 3.05) is 5.73 Å². The molecule has 4 heteroatoms. The Labute approximate surface area is 111 Å². The van der Waals surface area contributed by atoms with Gasteiger partial charge in [-0.25, -0.2) is 4.39 Å². The van der Waals surface area contributed by atoms with Crippen LogP contribution in [0.25, 0.3) is 0 Å². The van der Waals surface area contributed by atoms with E-state index in [-0.39, 0.29) is 12.4 Å². The van der Waals surface area contributed by atoms with Crippen LogP contribution < -0.4 is 10.5 Å². The van der Waals surface area contributed by atoms with Crippen LogP contribution in [0.2, 0.25) is 0 Å². The zero-order valence-corrected chi connectivity index (χ0v) is 10.5. The Balaban J connectivity index is 2.19. The van der Waals surface area contributed by atoms with Gasteiger partial charge in [-0.05, 0) is 42.8 Å². The lowest BCUT2D eigenvalue weighted by atomic mass is 10.1. The molecule has 0 amide bonds. The van der Waals surface area contributed by atoms with Crippen LogP contribution in [0.1, 0.15) is 16.7 Å². The highest BCUT2D eigenvalue weighted by molar-refractivity contribution is 5.47. The third kappa shape index (κ3) is 3.02. The van der Waals surface area contributed by atoms with Crippen LogP contribution in [-0.2, 0) is 6.61 Å². The Morgan fingerprint density at radius 2 is 2.05 bits per heavy atom. The van der Waals surface area contributed by atoms with E-state index in [0.29, 0.717) is 22.6 Å². The summed E-state index contributed by atoms with van der Waals surface area (Å²) in [5.74, 6) is 0.248. The normalized spacial score (nSPS) is 9.95. The maximum atomic E-state index is 13.1. The maximum absolute atomic E-state index is 13.1. The first-order chi connectivity index (χ1) is 9.10. The average molecular weight is 256 g/mol. The highest BCUT2D eigenvalue weighted by Crippen LogP contribution is 2.22. The molecule has 0 unspecified atom stereocenters. The fourth-order valence-electron chi connectivity index (χ4n) is 1.68. The molecule has 0 aliphatic carbocycles. The number of benzene rings is 2. The average Bonchev–Trinajstić information content (AvgIpc) is 2.41. The molecule has 0 saturated carbocycles. The first kappa shape index (κ1) is 12.9. The molecule has 0 fully saturated rings. The Hall–Kier alpha value is -2.54. The fraction of sp³-hybridized carbons (Fsp3) is 0.133. The fourth-order valence-corrected chi connectivity index (χ4v) is 1.68. The predicted octanol–water partition coefficient (Wildman–Crippen LogP) is 3.17. The molecule has 0 spiro atoms. The lowest BCUT2D eigenvalue weighted by molar-refractivity contribution is 0.304. The third-order valence-electron chi connectivity index (χ3n) is 2.81. The van der Waals surface area contributed by atoms with E-state index >= 15 is 0 Å². The van der Waals surface area contributed by atoms with Gasteiger partial charge in [0.05, 0.1) is 11.6 Å². The van der Waals surface area contributed by atoms with Crippen LogP contribution >= 0.6 is 0 Å². The molecule has 0 aliphatic rings. The zero-order chi connectivity index (χ0) is 13.8. The number of halogens is 1. The highest BCUT2D eigenvalue weighted by atomic mass is 19.1. The number of aryl methyl sites for hydroxylation is 1. The number of nitrogens with two attached hydrogens (primary N) is 1. The molecule has 2 N–H and O–H groups in total. The molecule has 0 aromatic heterocycles. The van der Waals surface area contributed by atoms with E-state index in [2.05, 4.69) is 0 Å². The molecule has 3 nitrogen and oxygen atoms in total. The van der Waals surface area contributed by atoms with Gasteiger partial charge in [0.1, 0.15) is 18.2 Å². The largest absolute Gasteiger partial charge is 0.489 e. The van der Waals surface area contributed by atoms with Gasteiger partial charge in [0.15, 0.2) is 0 Å². The van der Waals surface area contributed by atoms with Crippen molar-refractivity contribution in [1.82, 2.24) is 0 Å². The molecule has 0 heterocycles. The number of nitrogen functional groups attached to an aromatic ring is 1. The SMILES string of the molecule is Cc1ccc(C#N)cc1OCc1cc(F)ccc1N. The van der Waals surface area contributed by atoms with Gasteiger partial charge in [0.25, 0.3) is 0 Å². The summed E-state index contributed by atoms with van der Waals surface area (Å²) in [5.41, 5.74) is 8.25. The zero-order valence-electron chi connectivity index (χ0n) is 10.5. The van der Waals surface area contributed by atoms with Crippen molar-refractivity contribution < 1.29 is 9.13 Å². The van der Waals surface area contributed by atoms with Crippen molar-refractivity contribution >= 4 is 5.69 Å². The number of nitriles is 1. The molecule has 0 saturated heterocycles. The molecule has 0 aliphatic heterocycles. The van der Waals surface area contributed by atoms with Gasteiger partial charge < -0.3 is 10.5 Å². The van der Waals surface area contributed by atoms with E-state index in [1.54, 1.807) is 12.1 Å². The molecule has 2 rings (SSSR count). The summed E-state index contributed by atoms with van der Waals surface area (Å²) in [6.07, 6.45) is 0. The Morgan fingerprint density at radius 3 is 2.79 bits per heavy atom. The van der Waals surface area contributed by atoms with Gasteiger partial charge in [0.2, 0.25) is 0 Å². The molecule has 19 heavy (non-hydrogen) atoms. The van der Waals surface area contributed by atoms with Crippen LogP contribution in [-0.4, -0.2) is 0 Å². The van der Waals surface area contributed by atoms with Gasteiger partial charge in [-0.2, -0.15) is 5.26 Å². The lowest BCUT2D eigenvalue weighted by Gasteiger charge is -2.11. The second kappa shape index (κ2) is 5.40. The monoisotopic (exact) mass is 256 g/mol. The van der Waals surface area contributed by atoms with Crippen molar-refractivity contribution in [2.45, 2.75) is 13.5 Å². The van der Waals surface area contributed by atoms with Crippen molar-refractivity contribution in [3.63, 3.8) is 0 Å². The maximum Gasteiger partial charge on any atom is 0.124 e. The highest BCUT2D eigenvalue weighted by Gasteiger charge is 2.05. The van der Waals surface area contributed by atoms with Gasteiger partial charge in [-0.15, -0.1) is 0 Å². The molecule has 2 aromatic carbocycles. The van der Waals surface area contributed by atoms with E-state index < -0.39 is 0 Å². The Bertz CT molecular complexity index is 647. The summed E-state index contributed by atoms with van der Waals surface area (Å²) < 4.78 is 18.7. The van der Waals surface area contributed by atoms with E-state index in [1.807, 2.05) is 19.1 Å². The summed E-state index contributed by atoms with van der Waals surface area (Å²) >= 11 is 0. The summed E-state index contributed by atoms with van der Waals surface area (Å²) in [6.45, 7) is 2.05. The van der Waals surface area contributed by atoms with E-state index in [4.69, 9.17) is 15.7 Å². The minimum Gasteiger partial charge on any atom is -0.489 e. The standard InChI is InChI=1S/C15H13FN2O/c1-10-2-3-11(8-17)6-15(10)19-9-12-7-13(16)4-5-14(12)18/h2-7H,9,18H2,1H3. The second-order valence-corrected chi connectivity index (χ2v) is 4.22. The van der Waals surface area contributed by atoms with Crippen LogP contribution in [0.5, 0.6) is 5.75 Å². The number of ether oxygens (including phenoxy) is 1. The van der Waals surface area contributed by atoms with Crippen LogP contribution in [0.3, 0.4) is 0 Å². The number of anilines is 1. The van der Waals surface area contributed by atoms with Gasteiger partial charge in [0, 0.05) is 11.3 Å². The van der Waals surface area contributed by atoms with Crippen molar-refractivity contribution in [3.8, 4) is 11.8 Å². The topological polar surface area (TPSA) is 59.0 Å². The second-order valence-electron chi connectivity index (χ2n) is 4.22. The molecule has 0 bridgehead atoms. The molecule has 96 valence electrons. The van der Waals surface area contributed by atoms with E-state index in [1.165, 1.54) is 18.2 Å². The summed E-state index contributed by atoms with van der Waals surface area (Å²) in [6, 6.07) is 11.4.